The van der Waals surface area contributed by atoms with E-state index >= 15 is 0 Å². The number of aliphatic imine (C=N–C) groups is 1. The number of amides is 2. The molecule has 0 aliphatic carbocycles. The van der Waals surface area contributed by atoms with E-state index in [0.29, 0.717) is 43.4 Å². The summed E-state index contributed by atoms with van der Waals surface area (Å²) in [5.74, 6) is -2.38. The Hall–Kier alpha value is -3.86. The molecule has 236 valence electrons. The topological polar surface area (TPSA) is 165 Å². The van der Waals surface area contributed by atoms with Gasteiger partial charge in [-0.25, -0.2) is 4.99 Å². The van der Waals surface area contributed by atoms with E-state index in [1.165, 1.54) is 0 Å². The number of hydrogen-bond acceptors (Lipinski definition) is 5. The molecule has 2 aromatic rings. The van der Waals surface area contributed by atoms with Crippen molar-refractivity contribution in [2.75, 3.05) is 0 Å². The van der Waals surface area contributed by atoms with E-state index in [2.05, 4.69) is 32.9 Å². The molecule has 5 N–H and O–H groups in total. The van der Waals surface area contributed by atoms with Gasteiger partial charge in [0.05, 0.1) is 5.71 Å². The van der Waals surface area contributed by atoms with Crippen molar-refractivity contribution in [2.24, 2.45) is 16.8 Å². The summed E-state index contributed by atoms with van der Waals surface area (Å²) in [4.78, 5) is 59.3. The lowest BCUT2D eigenvalue weighted by atomic mass is 9.91. The highest BCUT2D eigenvalue weighted by Gasteiger charge is 2.37. The van der Waals surface area contributed by atoms with Gasteiger partial charge in [-0.3, -0.25) is 19.2 Å². The van der Waals surface area contributed by atoms with Gasteiger partial charge in [0.15, 0.2) is 0 Å². The summed E-state index contributed by atoms with van der Waals surface area (Å²) in [7, 11) is 0. The lowest BCUT2D eigenvalue weighted by Gasteiger charge is -2.17. The average molecular weight is 623 g/mol. The summed E-state index contributed by atoms with van der Waals surface area (Å²) in [5.41, 5.74) is 9.99. The molecule has 0 unspecified atom stereocenters. The lowest BCUT2D eigenvalue weighted by molar-refractivity contribution is -0.138. The number of rotatable bonds is 13. The molecule has 2 aromatic heterocycles. The van der Waals surface area contributed by atoms with Crippen molar-refractivity contribution < 1.29 is 29.4 Å². The normalized spacial score (nSPS) is 20.1. The molecule has 3 atom stereocenters. The standard InChI is InChI=1S/C33H42N4O6S/c1-7-20-15(2)25(36-33(20)43)12-23-16(3)21(8-10-29(38)39)26(34-23)14-27-22(9-11-30(40)41)17(4)24(35-27)13-28-31(19(6)44)18(5)32(42)37-28/h13,18-19,31,34-35,44H,7-12,14H2,1-6H3,(H,37,42)(H,38,39)(H,40,41)/b28-13-/t18-,19-,31+/m1/s1. The van der Waals surface area contributed by atoms with Crippen LogP contribution in [0.3, 0.4) is 0 Å². The van der Waals surface area contributed by atoms with Gasteiger partial charge in [0.25, 0.3) is 5.91 Å². The van der Waals surface area contributed by atoms with Crippen LogP contribution in [-0.2, 0) is 44.9 Å². The molecule has 2 aliphatic heterocycles. The van der Waals surface area contributed by atoms with Gasteiger partial charge in [-0.2, -0.15) is 12.6 Å². The van der Waals surface area contributed by atoms with Gasteiger partial charge >= 0.3 is 11.9 Å². The predicted octanol–water partition coefficient (Wildman–Crippen LogP) is 4.88. The Balaban J connectivity index is 1.76. The Morgan fingerprint density at radius 1 is 0.955 bits per heavy atom. The SMILES string of the molecule is CCC1=C(C)C(Cc2[nH]c(Cc3[nH]c(/C=C4\NC(=O)[C@H](C)[C@H]4[C@@H](C)S)c(C)c3CCC(=O)O)c(CCC(=O)O)c2C)=NC1=O. The first-order chi connectivity index (χ1) is 20.7. The second kappa shape index (κ2) is 13.4. The van der Waals surface area contributed by atoms with E-state index in [-0.39, 0.29) is 41.7 Å². The Kier molecular flexibility index (Phi) is 10.1. The van der Waals surface area contributed by atoms with Gasteiger partial charge in [-0.05, 0) is 73.9 Å². The summed E-state index contributed by atoms with van der Waals surface area (Å²) < 4.78 is 0. The number of carbonyl (C=O) groups is 4. The minimum absolute atomic E-state index is 0.0440. The van der Waals surface area contributed by atoms with Gasteiger partial charge in [-0.1, -0.05) is 20.8 Å². The van der Waals surface area contributed by atoms with Crippen LogP contribution in [0.1, 0.15) is 92.0 Å². The third kappa shape index (κ3) is 6.77. The summed E-state index contributed by atoms with van der Waals surface area (Å²) >= 11 is 4.63. The second-order valence-corrected chi connectivity index (χ2v) is 12.7. The zero-order chi connectivity index (χ0) is 32.5. The van der Waals surface area contributed by atoms with Crippen LogP contribution in [0.5, 0.6) is 0 Å². The molecule has 0 bridgehead atoms. The monoisotopic (exact) mass is 622 g/mol. The maximum Gasteiger partial charge on any atom is 0.303 e. The lowest BCUT2D eigenvalue weighted by Crippen LogP contribution is -2.19. The molecule has 11 heteroatoms. The molecule has 4 rings (SSSR count). The number of nitrogens with zero attached hydrogens (tertiary/aromatic N) is 1. The molecule has 2 amide bonds. The number of allylic oxidation sites excluding steroid dienone is 2. The fraction of sp³-hybridized carbons (Fsp3) is 0.485. The molecule has 1 fully saturated rings. The number of carboxylic acids is 2. The zero-order valence-electron chi connectivity index (χ0n) is 26.2. The van der Waals surface area contributed by atoms with Crippen molar-refractivity contribution >= 4 is 48.2 Å². The van der Waals surface area contributed by atoms with E-state index in [1.807, 2.05) is 47.6 Å². The Bertz CT molecular complexity index is 1610. The first-order valence-electron chi connectivity index (χ1n) is 15.1. The molecule has 0 aromatic carbocycles. The van der Waals surface area contributed by atoms with Crippen molar-refractivity contribution in [3.63, 3.8) is 0 Å². The molecule has 10 nitrogen and oxygen atoms in total. The van der Waals surface area contributed by atoms with Crippen LogP contribution in [-0.4, -0.2) is 54.9 Å². The summed E-state index contributed by atoms with van der Waals surface area (Å²) in [6, 6.07) is 0. The quantitative estimate of drug-likeness (QED) is 0.174. The minimum atomic E-state index is -0.904. The Labute approximate surface area is 262 Å². The molecule has 0 saturated carbocycles. The zero-order valence-corrected chi connectivity index (χ0v) is 27.1. The molecular weight excluding hydrogens is 580 g/mol. The highest BCUT2D eigenvalue weighted by atomic mass is 32.1. The minimum Gasteiger partial charge on any atom is -0.481 e. The van der Waals surface area contributed by atoms with E-state index in [4.69, 9.17) is 0 Å². The maximum absolute atomic E-state index is 12.5. The van der Waals surface area contributed by atoms with E-state index in [9.17, 15) is 29.4 Å². The van der Waals surface area contributed by atoms with E-state index in [1.54, 1.807) is 0 Å². The third-order valence-electron chi connectivity index (χ3n) is 9.09. The number of aliphatic carboxylic acids is 2. The Morgan fingerprint density at radius 2 is 1.55 bits per heavy atom. The maximum atomic E-state index is 12.5. The highest BCUT2D eigenvalue weighted by molar-refractivity contribution is 7.80. The van der Waals surface area contributed by atoms with Crippen molar-refractivity contribution in [2.45, 2.75) is 91.7 Å². The van der Waals surface area contributed by atoms with Crippen LogP contribution in [0.15, 0.2) is 21.8 Å². The van der Waals surface area contributed by atoms with Crippen LogP contribution in [0.25, 0.3) is 6.08 Å². The van der Waals surface area contributed by atoms with Gasteiger partial charge in [0, 0.05) is 76.8 Å². The number of carbonyl (C=O) groups excluding carboxylic acids is 2. The van der Waals surface area contributed by atoms with Crippen molar-refractivity contribution in [3.05, 3.63) is 61.9 Å². The smallest absolute Gasteiger partial charge is 0.303 e. The average Bonchev–Trinajstić information content (AvgIpc) is 3.59. The molecule has 44 heavy (non-hydrogen) atoms. The predicted molar refractivity (Wildman–Crippen MR) is 172 cm³/mol. The van der Waals surface area contributed by atoms with Crippen LogP contribution < -0.4 is 5.32 Å². The summed E-state index contributed by atoms with van der Waals surface area (Å²) in [6.07, 6.45) is 3.88. The third-order valence-corrected chi connectivity index (χ3v) is 9.41. The summed E-state index contributed by atoms with van der Waals surface area (Å²) in [5, 5.41) is 21.9. The number of H-pyrrole nitrogens is 2. The van der Waals surface area contributed by atoms with Crippen LogP contribution in [0.4, 0.5) is 0 Å². The van der Waals surface area contributed by atoms with Crippen molar-refractivity contribution in [1.29, 1.82) is 0 Å². The van der Waals surface area contributed by atoms with Gasteiger partial charge in [0.2, 0.25) is 5.91 Å². The van der Waals surface area contributed by atoms with Gasteiger partial charge in [0.1, 0.15) is 0 Å². The van der Waals surface area contributed by atoms with Gasteiger partial charge < -0.3 is 25.5 Å². The van der Waals surface area contributed by atoms with Gasteiger partial charge in [-0.15, -0.1) is 0 Å². The van der Waals surface area contributed by atoms with Crippen LogP contribution in [0, 0.1) is 25.7 Å². The number of thiol groups is 1. The summed E-state index contributed by atoms with van der Waals surface area (Å²) in [6.45, 7) is 11.6. The first-order valence-corrected chi connectivity index (χ1v) is 15.6. The van der Waals surface area contributed by atoms with E-state index in [0.717, 1.165) is 56.3 Å². The van der Waals surface area contributed by atoms with Crippen LogP contribution >= 0.6 is 12.6 Å². The number of carboxylic acid groups (broad SMARTS) is 2. The highest BCUT2D eigenvalue weighted by Crippen LogP contribution is 2.35. The second-order valence-electron chi connectivity index (χ2n) is 11.9. The number of aromatic nitrogens is 2. The molecule has 4 heterocycles. The number of hydrogen-bond donors (Lipinski definition) is 6. The number of aromatic amines is 2. The molecular formula is C33H42N4O6S. The Morgan fingerprint density at radius 3 is 2.09 bits per heavy atom. The molecule has 1 saturated heterocycles. The van der Waals surface area contributed by atoms with Crippen molar-refractivity contribution in [1.82, 2.24) is 15.3 Å². The van der Waals surface area contributed by atoms with E-state index < -0.39 is 11.9 Å². The fourth-order valence-electron chi connectivity index (χ4n) is 6.52. The molecule has 0 spiro atoms. The van der Waals surface area contributed by atoms with Crippen molar-refractivity contribution in [3.8, 4) is 0 Å². The molecule has 0 radical (unpaired) electrons. The fourth-order valence-corrected chi connectivity index (χ4v) is 6.94. The molecule has 2 aliphatic rings. The number of nitrogens with one attached hydrogen (secondary N) is 3. The largest absolute Gasteiger partial charge is 0.481 e. The van der Waals surface area contributed by atoms with Crippen LogP contribution in [0.2, 0.25) is 0 Å². The first kappa shape index (κ1) is 33.0.